The number of amides is 1. The van der Waals surface area contributed by atoms with E-state index in [2.05, 4.69) is 43.5 Å². The number of aliphatic hydroxyl groups excluding tert-OH is 1. The summed E-state index contributed by atoms with van der Waals surface area (Å²) in [6, 6.07) is -0.866. The second-order valence-electron chi connectivity index (χ2n) is 18.5. The van der Waals surface area contributed by atoms with Gasteiger partial charge in [0.1, 0.15) is 13.2 Å². The first kappa shape index (κ1) is 58.7. The van der Waals surface area contributed by atoms with E-state index in [0.717, 1.165) is 44.9 Å². The molecule has 0 aliphatic heterocycles. The number of nitrogens with zero attached hydrogens (tertiary/aromatic N) is 1. The Morgan fingerprint density at radius 2 is 0.917 bits per heavy atom. The highest BCUT2D eigenvalue weighted by Gasteiger charge is 2.27. The van der Waals surface area contributed by atoms with Gasteiger partial charge in [0.2, 0.25) is 5.91 Å². The van der Waals surface area contributed by atoms with Crippen LogP contribution in [0.15, 0.2) is 36.5 Å². The quantitative estimate of drug-likeness (QED) is 0.0244. The van der Waals surface area contributed by atoms with Crippen molar-refractivity contribution < 1.29 is 32.9 Å². The minimum Gasteiger partial charge on any atom is -0.387 e. The van der Waals surface area contributed by atoms with Gasteiger partial charge < -0.3 is 19.8 Å². The van der Waals surface area contributed by atoms with Gasteiger partial charge in [0.05, 0.1) is 39.9 Å². The number of nitrogens with one attached hydrogen (secondary N) is 1. The smallest absolute Gasteiger partial charge is 0.387 e. The average Bonchev–Trinajstić information content (AvgIpc) is 3.20. The average molecular weight is 868 g/mol. The summed E-state index contributed by atoms with van der Waals surface area (Å²) in [4.78, 5) is 23.2. The normalized spacial score (nSPS) is 14.4. The molecule has 3 atom stereocenters. The standard InChI is InChI=1S/C51H99N2O6P/c1-6-8-10-12-14-16-18-20-22-23-24-25-26-27-28-29-31-33-35-37-39-41-43-45-51(55)52-49(48-59-60(56,57)58-47-46-53(3,4)5)50(54)44-42-40-38-36-34-32-30-21-19-17-15-13-11-9-7-2/h19,21,34,36,42,44,49-50,54H,6-18,20,22-33,35,37-41,43,45-48H2,1-5H3,(H-,52,55,56,57)/p+1/b21-19+,36-34+,44-42+. The maximum atomic E-state index is 12.9. The molecule has 0 radical (unpaired) electrons. The van der Waals surface area contributed by atoms with Crippen LogP contribution in [0.1, 0.15) is 232 Å². The van der Waals surface area contributed by atoms with E-state index >= 15 is 0 Å². The highest BCUT2D eigenvalue weighted by molar-refractivity contribution is 7.47. The van der Waals surface area contributed by atoms with E-state index in [1.807, 2.05) is 27.2 Å². The number of quaternary nitrogens is 1. The summed E-state index contributed by atoms with van der Waals surface area (Å²) >= 11 is 0. The molecule has 0 bridgehead atoms. The van der Waals surface area contributed by atoms with Crippen LogP contribution in [-0.4, -0.2) is 73.4 Å². The number of hydrogen-bond acceptors (Lipinski definition) is 5. The summed E-state index contributed by atoms with van der Waals surface area (Å²) in [5.41, 5.74) is 0. The van der Waals surface area contributed by atoms with Crippen molar-refractivity contribution in [3.8, 4) is 0 Å². The fourth-order valence-electron chi connectivity index (χ4n) is 7.31. The predicted octanol–water partition coefficient (Wildman–Crippen LogP) is 14.6. The Kier molecular flexibility index (Phi) is 42.1. The van der Waals surface area contributed by atoms with Crippen LogP contribution >= 0.6 is 7.82 Å². The Morgan fingerprint density at radius 3 is 1.33 bits per heavy atom. The van der Waals surface area contributed by atoms with Crippen molar-refractivity contribution in [2.45, 2.75) is 244 Å². The van der Waals surface area contributed by atoms with Gasteiger partial charge in [-0.2, -0.15) is 0 Å². The molecule has 1 amide bonds. The second kappa shape index (κ2) is 43.0. The van der Waals surface area contributed by atoms with Crippen LogP contribution < -0.4 is 5.32 Å². The number of phosphoric ester groups is 1. The van der Waals surface area contributed by atoms with E-state index < -0.39 is 20.0 Å². The molecule has 0 rings (SSSR count). The summed E-state index contributed by atoms with van der Waals surface area (Å²) in [6.07, 6.45) is 53.7. The van der Waals surface area contributed by atoms with Crippen LogP contribution in [0.4, 0.5) is 0 Å². The lowest BCUT2D eigenvalue weighted by atomic mass is 10.0. The van der Waals surface area contributed by atoms with Crippen molar-refractivity contribution in [2.24, 2.45) is 0 Å². The minimum absolute atomic E-state index is 0.0548. The zero-order valence-corrected chi connectivity index (χ0v) is 41.1. The van der Waals surface area contributed by atoms with Gasteiger partial charge in [-0.05, 0) is 44.9 Å². The fourth-order valence-corrected chi connectivity index (χ4v) is 8.05. The number of rotatable bonds is 46. The molecule has 3 N–H and O–H groups in total. The summed E-state index contributed by atoms with van der Waals surface area (Å²) in [7, 11) is 1.55. The van der Waals surface area contributed by atoms with Crippen molar-refractivity contribution >= 4 is 13.7 Å². The lowest BCUT2D eigenvalue weighted by Gasteiger charge is -2.25. The van der Waals surface area contributed by atoms with Crippen molar-refractivity contribution in [1.82, 2.24) is 5.32 Å². The van der Waals surface area contributed by atoms with Crippen LogP contribution in [0.25, 0.3) is 0 Å². The van der Waals surface area contributed by atoms with Crippen molar-refractivity contribution in [1.29, 1.82) is 0 Å². The molecule has 60 heavy (non-hydrogen) atoms. The summed E-state index contributed by atoms with van der Waals surface area (Å²) in [5, 5.41) is 13.8. The van der Waals surface area contributed by atoms with Crippen molar-refractivity contribution in [2.75, 3.05) is 40.9 Å². The molecule has 0 aromatic rings. The van der Waals surface area contributed by atoms with Crippen LogP contribution in [-0.2, 0) is 18.4 Å². The number of phosphoric acid groups is 1. The molecular formula is C51H100N2O6P+. The van der Waals surface area contributed by atoms with E-state index in [-0.39, 0.29) is 19.1 Å². The number of allylic oxidation sites excluding steroid dienone is 5. The molecule has 3 unspecified atom stereocenters. The molecule has 9 heteroatoms. The highest BCUT2D eigenvalue weighted by Crippen LogP contribution is 2.43. The molecule has 354 valence electrons. The first-order valence-electron chi connectivity index (χ1n) is 25.4. The van der Waals surface area contributed by atoms with Crippen LogP contribution in [0.5, 0.6) is 0 Å². The zero-order valence-electron chi connectivity index (χ0n) is 40.2. The summed E-state index contributed by atoms with van der Waals surface area (Å²) in [5.74, 6) is -0.188. The van der Waals surface area contributed by atoms with Gasteiger partial charge in [-0.25, -0.2) is 4.57 Å². The summed E-state index contributed by atoms with van der Waals surface area (Å²) in [6.45, 7) is 4.79. The molecular weight excluding hydrogens is 768 g/mol. The first-order valence-corrected chi connectivity index (χ1v) is 26.9. The van der Waals surface area contributed by atoms with E-state index in [9.17, 15) is 19.4 Å². The predicted molar refractivity (Wildman–Crippen MR) is 258 cm³/mol. The fraction of sp³-hybridized carbons (Fsp3) is 0.863. The number of hydrogen-bond donors (Lipinski definition) is 3. The van der Waals surface area contributed by atoms with Gasteiger partial charge in [0.25, 0.3) is 0 Å². The molecule has 8 nitrogen and oxygen atoms in total. The number of unbranched alkanes of at least 4 members (excludes halogenated alkanes) is 29. The topological polar surface area (TPSA) is 105 Å². The Hall–Kier alpha value is -1.28. The molecule has 0 spiro atoms. The van der Waals surface area contributed by atoms with Gasteiger partial charge in [0, 0.05) is 6.42 Å². The number of carbonyl (C=O) groups is 1. The molecule has 0 aliphatic rings. The third-order valence-corrected chi connectivity index (χ3v) is 12.3. The maximum Gasteiger partial charge on any atom is 0.472 e. The van der Waals surface area contributed by atoms with Gasteiger partial charge in [-0.1, -0.05) is 217 Å². The molecule has 0 saturated heterocycles. The van der Waals surface area contributed by atoms with Gasteiger partial charge in [0.15, 0.2) is 0 Å². The van der Waals surface area contributed by atoms with Crippen LogP contribution in [0, 0.1) is 0 Å². The Balaban J connectivity index is 4.28. The van der Waals surface area contributed by atoms with Crippen LogP contribution in [0.3, 0.4) is 0 Å². The molecule has 0 aromatic carbocycles. The Labute approximate surface area is 372 Å². The van der Waals surface area contributed by atoms with Crippen LogP contribution in [0.2, 0.25) is 0 Å². The SMILES string of the molecule is CCCCCCC/C=C/CC/C=C/CC/C=C/C(O)C(COP(=O)(O)OCC[N+](C)(C)C)NC(=O)CCCCCCCCCCCCCCCCCCCCCCCCC. The maximum absolute atomic E-state index is 12.9. The molecule has 0 heterocycles. The van der Waals surface area contributed by atoms with Gasteiger partial charge in [-0.3, -0.25) is 13.8 Å². The largest absolute Gasteiger partial charge is 0.472 e. The number of carbonyl (C=O) groups excluding carboxylic acids is 1. The zero-order chi connectivity index (χ0) is 44.3. The molecule has 0 aromatic heterocycles. The minimum atomic E-state index is -4.35. The molecule has 0 saturated carbocycles. The lowest BCUT2D eigenvalue weighted by molar-refractivity contribution is -0.870. The van der Waals surface area contributed by atoms with E-state index in [4.69, 9.17) is 9.05 Å². The molecule has 0 aliphatic carbocycles. The Bertz CT molecular complexity index is 1070. The number of likely N-dealkylation sites (N-methyl/N-ethyl adjacent to an activating group) is 1. The van der Waals surface area contributed by atoms with E-state index in [1.165, 1.54) is 167 Å². The van der Waals surface area contributed by atoms with E-state index in [0.29, 0.717) is 17.4 Å². The lowest BCUT2D eigenvalue weighted by Crippen LogP contribution is -2.45. The third kappa shape index (κ3) is 44.8. The second-order valence-corrected chi connectivity index (χ2v) is 20.0. The number of aliphatic hydroxyl groups is 1. The molecule has 0 fully saturated rings. The Morgan fingerprint density at radius 1 is 0.550 bits per heavy atom. The van der Waals surface area contributed by atoms with Crippen molar-refractivity contribution in [3.05, 3.63) is 36.5 Å². The van der Waals surface area contributed by atoms with Gasteiger partial charge >= 0.3 is 7.82 Å². The van der Waals surface area contributed by atoms with E-state index in [1.54, 1.807) is 6.08 Å². The van der Waals surface area contributed by atoms with Gasteiger partial charge in [-0.15, -0.1) is 0 Å². The summed E-state index contributed by atoms with van der Waals surface area (Å²) < 4.78 is 23.6. The highest BCUT2D eigenvalue weighted by atomic mass is 31.2. The van der Waals surface area contributed by atoms with Crippen molar-refractivity contribution in [3.63, 3.8) is 0 Å². The first-order chi connectivity index (χ1) is 29.0. The third-order valence-electron chi connectivity index (χ3n) is 11.3. The monoisotopic (exact) mass is 868 g/mol.